The van der Waals surface area contributed by atoms with E-state index in [1.165, 1.54) is 12.1 Å². The van der Waals surface area contributed by atoms with Gasteiger partial charge < -0.3 is 0 Å². The van der Waals surface area contributed by atoms with E-state index in [0.29, 0.717) is 0 Å². The molecule has 0 saturated heterocycles. The Labute approximate surface area is 152 Å². The molecule has 1 aliphatic rings. The van der Waals surface area contributed by atoms with E-state index in [4.69, 9.17) is 0 Å². The zero-order valence-corrected chi connectivity index (χ0v) is 15.0. The summed E-state index contributed by atoms with van der Waals surface area (Å²) in [5.74, 6) is 0. The number of nitrogens with zero attached hydrogens (tertiary/aromatic N) is 2. The third kappa shape index (κ3) is 3.31. The molecule has 1 aliphatic carbocycles. The van der Waals surface area contributed by atoms with E-state index in [0.717, 1.165) is 36.8 Å². The first-order valence-corrected chi connectivity index (χ1v) is 8.73. The summed E-state index contributed by atoms with van der Waals surface area (Å²) in [5.41, 5.74) is 1.72. The molecule has 0 aromatic heterocycles. The Kier molecular flexibility index (Phi) is 4.52. The van der Waals surface area contributed by atoms with Gasteiger partial charge in [-0.15, -0.1) is 0 Å². The van der Waals surface area contributed by atoms with Crippen LogP contribution in [0.5, 0.6) is 0 Å². The van der Waals surface area contributed by atoms with Crippen LogP contribution >= 0.6 is 0 Å². The summed E-state index contributed by atoms with van der Waals surface area (Å²) in [6, 6.07) is 13.7. The lowest BCUT2D eigenvalue weighted by molar-refractivity contribution is -0.385. The maximum atomic E-state index is 11.1. The molecule has 0 heterocycles. The molecule has 2 aromatic carbocycles. The van der Waals surface area contributed by atoms with Gasteiger partial charge in [0.2, 0.25) is 0 Å². The van der Waals surface area contributed by atoms with Crippen LogP contribution in [0.4, 0.5) is 11.4 Å². The number of rotatable bonds is 4. The van der Waals surface area contributed by atoms with E-state index in [1.54, 1.807) is 24.3 Å². The Balaban J connectivity index is 1.97. The normalized spacial score (nSPS) is 25.6. The fraction of sp³-hybridized carbons (Fsp3) is 0.400. The minimum absolute atomic E-state index is 0.103. The topological polar surface area (TPSA) is 86.3 Å². The summed E-state index contributed by atoms with van der Waals surface area (Å²) in [5, 5.41) is 22.3. The lowest BCUT2D eigenvalue weighted by Crippen LogP contribution is -2.38. The highest BCUT2D eigenvalue weighted by atomic mass is 16.6. The fourth-order valence-corrected chi connectivity index (χ4v) is 4.39. The maximum absolute atomic E-state index is 11.1. The van der Waals surface area contributed by atoms with Crippen molar-refractivity contribution in [2.24, 2.45) is 0 Å². The van der Waals surface area contributed by atoms with E-state index in [1.807, 2.05) is 12.1 Å². The van der Waals surface area contributed by atoms with Crippen LogP contribution in [0.3, 0.4) is 0 Å². The van der Waals surface area contributed by atoms with Crippen LogP contribution in [-0.2, 0) is 10.8 Å². The van der Waals surface area contributed by atoms with E-state index in [9.17, 15) is 20.2 Å². The van der Waals surface area contributed by atoms with Crippen LogP contribution in [-0.4, -0.2) is 9.85 Å². The number of nitro groups is 2. The number of hydrogen-bond acceptors (Lipinski definition) is 4. The number of benzene rings is 2. The maximum Gasteiger partial charge on any atom is 0.269 e. The van der Waals surface area contributed by atoms with Crippen molar-refractivity contribution in [3.8, 4) is 0 Å². The molecule has 0 radical (unpaired) electrons. The predicted octanol–water partition coefficient (Wildman–Crippen LogP) is 5.29. The molecule has 136 valence electrons. The van der Waals surface area contributed by atoms with Crippen molar-refractivity contribution in [2.75, 3.05) is 0 Å². The average Bonchev–Trinajstić information content (AvgIpc) is 2.62. The molecule has 0 bridgehead atoms. The van der Waals surface area contributed by atoms with Gasteiger partial charge in [-0.3, -0.25) is 20.2 Å². The Morgan fingerprint density at radius 2 is 1.23 bits per heavy atom. The van der Waals surface area contributed by atoms with Crippen LogP contribution in [0.1, 0.15) is 50.7 Å². The molecule has 0 aliphatic heterocycles. The average molecular weight is 354 g/mol. The highest BCUT2D eigenvalue weighted by molar-refractivity contribution is 5.42. The first-order valence-electron chi connectivity index (χ1n) is 8.73. The molecule has 6 nitrogen and oxygen atoms in total. The molecule has 1 saturated carbocycles. The Morgan fingerprint density at radius 1 is 0.808 bits per heavy atom. The van der Waals surface area contributed by atoms with Crippen molar-refractivity contribution in [3.05, 3.63) is 79.9 Å². The highest BCUT2D eigenvalue weighted by Crippen LogP contribution is 2.49. The highest BCUT2D eigenvalue weighted by Gasteiger charge is 2.42. The van der Waals surface area contributed by atoms with Gasteiger partial charge in [0.05, 0.1) is 9.85 Å². The summed E-state index contributed by atoms with van der Waals surface area (Å²) in [6.45, 7) is 4.28. The predicted molar refractivity (Wildman–Crippen MR) is 99.4 cm³/mol. The minimum atomic E-state index is -0.366. The lowest BCUT2D eigenvalue weighted by atomic mass is 9.59. The number of hydrogen-bond donors (Lipinski definition) is 0. The first kappa shape index (κ1) is 18.0. The van der Waals surface area contributed by atoms with Crippen molar-refractivity contribution in [3.63, 3.8) is 0 Å². The largest absolute Gasteiger partial charge is 0.269 e. The molecule has 2 atom stereocenters. The second-order valence-corrected chi connectivity index (χ2v) is 7.77. The summed E-state index contributed by atoms with van der Waals surface area (Å²) in [7, 11) is 0. The summed E-state index contributed by atoms with van der Waals surface area (Å²) >= 11 is 0. The molecule has 0 N–H and O–H groups in total. The molecule has 3 rings (SSSR count). The van der Waals surface area contributed by atoms with Crippen molar-refractivity contribution in [2.45, 2.75) is 50.4 Å². The first-order chi connectivity index (χ1) is 12.2. The van der Waals surface area contributed by atoms with Gasteiger partial charge in [-0.05, 0) is 41.2 Å². The molecule has 2 aromatic rings. The number of non-ortho nitro benzene ring substituents is 2. The van der Waals surface area contributed by atoms with Crippen molar-refractivity contribution < 1.29 is 9.85 Å². The Hall–Kier alpha value is -2.76. The van der Waals surface area contributed by atoms with E-state index < -0.39 is 0 Å². The van der Waals surface area contributed by atoms with Gasteiger partial charge in [0, 0.05) is 24.3 Å². The molecular weight excluding hydrogens is 332 g/mol. The smallest absolute Gasteiger partial charge is 0.258 e. The van der Waals surface area contributed by atoms with Gasteiger partial charge in [-0.1, -0.05) is 44.5 Å². The SMILES string of the molecule is C[C@]1(c2cccc([N+](=O)[O-])c2)CCC[C@@](C)(c2cccc([N+](=O)[O-])c2)C1. The monoisotopic (exact) mass is 354 g/mol. The Bertz CT molecular complexity index is 797. The lowest BCUT2D eigenvalue weighted by Gasteiger charge is -2.45. The van der Waals surface area contributed by atoms with E-state index in [-0.39, 0.29) is 32.1 Å². The molecule has 0 amide bonds. The summed E-state index contributed by atoms with van der Waals surface area (Å²) in [4.78, 5) is 21.5. The number of nitro benzene ring substituents is 2. The van der Waals surface area contributed by atoms with E-state index >= 15 is 0 Å². The van der Waals surface area contributed by atoms with Crippen molar-refractivity contribution in [1.82, 2.24) is 0 Å². The molecule has 0 unspecified atom stereocenters. The third-order valence-corrected chi connectivity index (χ3v) is 5.75. The van der Waals surface area contributed by atoms with Gasteiger partial charge >= 0.3 is 0 Å². The molecule has 1 fully saturated rings. The van der Waals surface area contributed by atoms with Crippen LogP contribution in [0.25, 0.3) is 0 Å². The van der Waals surface area contributed by atoms with Crippen LogP contribution in [0, 0.1) is 20.2 Å². The zero-order chi connectivity index (χ0) is 18.9. The third-order valence-electron chi connectivity index (χ3n) is 5.75. The zero-order valence-electron chi connectivity index (χ0n) is 15.0. The quantitative estimate of drug-likeness (QED) is 0.551. The van der Waals surface area contributed by atoms with Gasteiger partial charge in [0.25, 0.3) is 11.4 Å². The van der Waals surface area contributed by atoms with Crippen molar-refractivity contribution >= 4 is 11.4 Å². The molecule has 26 heavy (non-hydrogen) atoms. The molecule has 0 spiro atoms. The fourth-order valence-electron chi connectivity index (χ4n) is 4.39. The second kappa shape index (κ2) is 6.52. The molecular formula is C20H22N2O4. The summed E-state index contributed by atoms with van der Waals surface area (Å²) < 4.78 is 0. The second-order valence-electron chi connectivity index (χ2n) is 7.77. The van der Waals surface area contributed by atoms with Gasteiger partial charge in [-0.25, -0.2) is 0 Å². The van der Waals surface area contributed by atoms with Crippen LogP contribution < -0.4 is 0 Å². The summed E-state index contributed by atoms with van der Waals surface area (Å²) in [6.07, 6.45) is 3.65. The van der Waals surface area contributed by atoms with Crippen LogP contribution in [0.15, 0.2) is 48.5 Å². The molecule has 6 heteroatoms. The van der Waals surface area contributed by atoms with Crippen molar-refractivity contribution in [1.29, 1.82) is 0 Å². The van der Waals surface area contributed by atoms with Gasteiger partial charge in [0.1, 0.15) is 0 Å². The Morgan fingerprint density at radius 3 is 1.62 bits per heavy atom. The van der Waals surface area contributed by atoms with Gasteiger partial charge in [0.15, 0.2) is 0 Å². The standard InChI is InChI=1S/C20H22N2O4/c1-19(15-6-3-8-17(12-15)21(23)24)10-5-11-20(2,14-19)16-7-4-9-18(13-16)22(25)26/h3-4,6-9,12-13H,5,10-11,14H2,1-2H3/t19-,20+. The minimum Gasteiger partial charge on any atom is -0.258 e. The van der Waals surface area contributed by atoms with E-state index in [2.05, 4.69) is 13.8 Å². The van der Waals surface area contributed by atoms with Gasteiger partial charge in [-0.2, -0.15) is 0 Å². The van der Waals surface area contributed by atoms with Crippen LogP contribution in [0.2, 0.25) is 0 Å².